The average Bonchev–Trinajstić information content (AvgIpc) is 2.84. The van der Waals surface area contributed by atoms with Crippen LogP contribution in [0.1, 0.15) is 28.7 Å². The Hall–Kier alpha value is -1.76. The summed E-state index contributed by atoms with van der Waals surface area (Å²) in [5.41, 5.74) is 1.26. The monoisotopic (exact) mass is 341 g/mol. The van der Waals surface area contributed by atoms with E-state index in [0.29, 0.717) is 17.7 Å². The number of esters is 1. The molecule has 0 bridgehead atoms. The fraction of sp³-hybridized carbons (Fsp3) is 0.308. The van der Waals surface area contributed by atoms with Gasteiger partial charge in [-0.1, -0.05) is 28.1 Å². The molecule has 7 heteroatoms. The molecule has 1 heterocycles. The SMILES string of the molecule is CCc1c(C(=O)OC)nnn1Cc1cc(Br)ccc1F. The third kappa shape index (κ3) is 2.87. The molecule has 1 aromatic carbocycles. The van der Waals surface area contributed by atoms with Crippen molar-refractivity contribution < 1.29 is 13.9 Å². The number of carbonyl (C=O) groups excluding carboxylic acids is 1. The topological polar surface area (TPSA) is 57.0 Å². The summed E-state index contributed by atoms with van der Waals surface area (Å²) in [5, 5.41) is 7.72. The molecule has 0 N–H and O–H groups in total. The Labute approximate surface area is 123 Å². The molecule has 0 aliphatic heterocycles. The molecular formula is C13H13BrFN3O2. The van der Waals surface area contributed by atoms with Gasteiger partial charge in [0, 0.05) is 10.0 Å². The molecule has 5 nitrogen and oxygen atoms in total. The third-order valence-electron chi connectivity index (χ3n) is 2.88. The Morgan fingerprint density at radius 2 is 2.25 bits per heavy atom. The fourth-order valence-corrected chi connectivity index (χ4v) is 2.30. The van der Waals surface area contributed by atoms with Crippen LogP contribution in [0.2, 0.25) is 0 Å². The first-order valence-corrected chi connectivity index (χ1v) is 6.80. The van der Waals surface area contributed by atoms with Crippen LogP contribution in [0.3, 0.4) is 0 Å². The predicted molar refractivity (Wildman–Crippen MR) is 73.9 cm³/mol. The van der Waals surface area contributed by atoms with Crippen molar-refractivity contribution >= 4 is 21.9 Å². The number of methoxy groups -OCH3 is 1. The average molecular weight is 342 g/mol. The van der Waals surface area contributed by atoms with Crippen molar-refractivity contribution in [3.05, 3.63) is 45.4 Å². The van der Waals surface area contributed by atoms with E-state index in [1.165, 1.54) is 17.9 Å². The normalized spacial score (nSPS) is 10.6. The highest BCUT2D eigenvalue weighted by Gasteiger charge is 2.19. The molecular weight excluding hydrogens is 329 g/mol. The summed E-state index contributed by atoms with van der Waals surface area (Å²) in [6.45, 7) is 2.08. The van der Waals surface area contributed by atoms with Gasteiger partial charge in [0.2, 0.25) is 0 Å². The Kier molecular flexibility index (Phi) is 4.49. The zero-order valence-electron chi connectivity index (χ0n) is 11.1. The lowest BCUT2D eigenvalue weighted by atomic mass is 10.2. The number of ether oxygens (including phenoxy) is 1. The molecule has 2 rings (SSSR count). The van der Waals surface area contributed by atoms with Gasteiger partial charge >= 0.3 is 5.97 Å². The molecule has 0 atom stereocenters. The van der Waals surface area contributed by atoms with Gasteiger partial charge in [-0.3, -0.25) is 0 Å². The Bertz CT molecular complexity index is 643. The van der Waals surface area contributed by atoms with Crippen molar-refractivity contribution in [1.82, 2.24) is 15.0 Å². The molecule has 0 unspecified atom stereocenters. The van der Waals surface area contributed by atoms with Crippen molar-refractivity contribution in [2.75, 3.05) is 7.11 Å². The number of benzene rings is 1. The molecule has 0 aliphatic rings. The van der Waals surface area contributed by atoms with Crippen molar-refractivity contribution in [3.8, 4) is 0 Å². The molecule has 0 radical (unpaired) electrons. The van der Waals surface area contributed by atoms with Crippen molar-refractivity contribution in [2.24, 2.45) is 0 Å². The van der Waals surface area contributed by atoms with Gasteiger partial charge in [0.15, 0.2) is 5.69 Å². The number of halogens is 2. The lowest BCUT2D eigenvalue weighted by molar-refractivity contribution is 0.0592. The molecule has 2 aromatic rings. The summed E-state index contributed by atoms with van der Waals surface area (Å²) in [7, 11) is 1.29. The maximum absolute atomic E-state index is 13.7. The Morgan fingerprint density at radius 1 is 1.50 bits per heavy atom. The molecule has 20 heavy (non-hydrogen) atoms. The number of hydrogen-bond donors (Lipinski definition) is 0. The number of carbonyl (C=O) groups is 1. The van der Waals surface area contributed by atoms with Gasteiger partial charge in [0.05, 0.1) is 19.3 Å². The molecule has 0 spiro atoms. The van der Waals surface area contributed by atoms with Crippen molar-refractivity contribution in [3.63, 3.8) is 0 Å². The highest BCUT2D eigenvalue weighted by Crippen LogP contribution is 2.18. The molecule has 0 aliphatic carbocycles. The smallest absolute Gasteiger partial charge is 0.360 e. The molecule has 106 valence electrons. The van der Waals surface area contributed by atoms with Gasteiger partial charge < -0.3 is 4.74 Å². The maximum Gasteiger partial charge on any atom is 0.360 e. The van der Waals surface area contributed by atoms with E-state index in [9.17, 15) is 9.18 Å². The summed E-state index contributed by atoms with van der Waals surface area (Å²) in [6.07, 6.45) is 0.549. The summed E-state index contributed by atoms with van der Waals surface area (Å²) in [5.74, 6) is -0.867. The van der Waals surface area contributed by atoms with Gasteiger partial charge in [-0.25, -0.2) is 13.9 Å². The van der Waals surface area contributed by atoms with Crippen LogP contribution in [-0.2, 0) is 17.7 Å². The number of rotatable bonds is 4. The van der Waals surface area contributed by atoms with Gasteiger partial charge in [-0.2, -0.15) is 0 Å². The minimum atomic E-state index is -0.539. The van der Waals surface area contributed by atoms with Gasteiger partial charge in [-0.15, -0.1) is 5.10 Å². The van der Waals surface area contributed by atoms with E-state index in [-0.39, 0.29) is 18.1 Å². The van der Waals surface area contributed by atoms with Crippen LogP contribution >= 0.6 is 15.9 Å². The second-order valence-corrected chi connectivity index (χ2v) is 5.04. The van der Waals surface area contributed by atoms with E-state index in [1.54, 1.807) is 12.1 Å². The summed E-state index contributed by atoms with van der Waals surface area (Å²) < 4.78 is 20.7. The first-order valence-electron chi connectivity index (χ1n) is 6.01. The van der Waals surface area contributed by atoms with Crippen molar-refractivity contribution in [1.29, 1.82) is 0 Å². The highest BCUT2D eigenvalue weighted by atomic mass is 79.9. The summed E-state index contributed by atoms with van der Waals surface area (Å²) >= 11 is 3.30. The van der Waals surface area contributed by atoms with Gasteiger partial charge in [0.25, 0.3) is 0 Å². The van der Waals surface area contributed by atoms with Crippen LogP contribution in [0.25, 0.3) is 0 Å². The van der Waals surface area contributed by atoms with E-state index >= 15 is 0 Å². The van der Waals surface area contributed by atoms with E-state index < -0.39 is 5.97 Å². The largest absolute Gasteiger partial charge is 0.464 e. The van der Waals surface area contributed by atoms with Crippen LogP contribution in [0, 0.1) is 5.82 Å². The minimum absolute atomic E-state index is 0.172. The first-order chi connectivity index (χ1) is 9.56. The van der Waals surface area contributed by atoms with E-state index in [2.05, 4.69) is 31.0 Å². The van der Waals surface area contributed by atoms with E-state index in [0.717, 1.165) is 4.47 Å². The molecule has 0 amide bonds. The lowest BCUT2D eigenvalue weighted by Crippen LogP contribution is -2.10. The summed E-state index contributed by atoms with van der Waals surface area (Å²) in [4.78, 5) is 11.6. The van der Waals surface area contributed by atoms with Crippen LogP contribution in [0.4, 0.5) is 4.39 Å². The van der Waals surface area contributed by atoms with Crippen LogP contribution < -0.4 is 0 Å². The molecule has 0 fully saturated rings. The quantitative estimate of drug-likeness (QED) is 0.802. The Balaban J connectivity index is 2.36. The zero-order chi connectivity index (χ0) is 14.7. The number of hydrogen-bond acceptors (Lipinski definition) is 4. The lowest BCUT2D eigenvalue weighted by Gasteiger charge is -2.07. The zero-order valence-corrected chi connectivity index (χ0v) is 12.6. The van der Waals surface area contributed by atoms with Crippen LogP contribution in [0.5, 0.6) is 0 Å². The first kappa shape index (κ1) is 14.6. The van der Waals surface area contributed by atoms with Crippen LogP contribution in [0.15, 0.2) is 22.7 Å². The van der Waals surface area contributed by atoms with Crippen molar-refractivity contribution in [2.45, 2.75) is 19.9 Å². The standard InChI is InChI=1S/C13H13BrFN3O2/c1-3-11-12(13(19)20-2)16-17-18(11)7-8-6-9(14)4-5-10(8)15/h4-6H,3,7H2,1-2H3. The third-order valence-corrected chi connectivity index (χ3v) is 3.37. The van der Waals surface area contributed by atoms with Gasteiger partial charge in [-0.05, 0) is 24.6 Å². The van der Waals surface area contributed by atoms with E-state index in [1.807, 2.05) is 6.92 Å². The molecule has 0 saturated heterocycles. The fourth-order valence-electron chi connectivity index (χ4n) is 1.89. The van der Waals surface area contributed by atoms with Crippen LogP contribution in [-0.4, -0.2) is 28.1 Å². The van der Waals surface area contributed by atoms with Gasteiger partial charge in [0.1, 0.15) is 5.82 Å². The maximum atomic E-state index is 13.7. The number of aromatic nitrogens is 3. The van der Waals surface area contributed by atoms with E-state index in [4.69, 9.17) is 0 Å². The molecule has 1 aromatic heterocycles. The second kappa shape index (κ2) is 6.13. The Morgan fingerprint density at radius 3 is 2.90 bits per heavy atom. The highest BCUT2D eigenvalue weighted by molar-refractivity contribution is 9.10. The predicted octanol–water partition coefficient (Wildman–Crippen LogP) is 2.58. The molecule has 0 saturated carbocycles. The second-order valence-electron chi connectivity index (χ2n) is 4.12. The summed E-state index contributed by atoms with van der Waals surface area (Å²) in [6, 6.07) is 4.68. The number of nitrogens with zero attached hydrogens (tertiary/aromatic N) is 3. The minimum Gasteiger partial charge on any atom is -0.464 e.